The second-order valence-corrected chi connectivity index (χ2v) is 7.95. The number of piperidine rings is 1. The molecule has 3 rings (SSSR count). The average Bonchev–Trinajstić information content (AvgIpc) is 2.83. The first kappa shape index (κ1) is 23.4. The number of benzene rings is 2. The highest BCUT2D eigenvalue weighted by Crippen LogP contribution is 2.37. The Hall–Kier alpha value is -3.28. The molecule has 32 heavy (non-hydrogen) atoms. The fraction of sp³-hybridized carbons (Fsp3) is 0.385. The number of carbonyl (C=O) groups excluding carboxylic acids is 2. The Bertz CT molecular complexity index is 929. The van der Waals surface area contributed by atoms with Crippen LogP contribution >= 0.6 is 0 Å². The smallest absolute Gasteiger partial charge is 0.312 e. The number of ether oxygens (including phenoxy) is 3. The second kappa shape index (κ2) is 10.8. The third-order valence-electron chi connectivity index (χ3n) is 5.87. The maximum atomic E-state index is 13.1. The first-order chi connectivity index (χ1) is 15.5. The minimum absolute atomic E-state index is 0.0593. The van der Waals surface area contributed by atoms with E-state index in [0.717, 1.165) is 11.3 Å². The monoisotopic (exact) mass is 437 g/mol. The van der Waals surface area contributed by atoms with E-state index in [4.69, 9.17) is 14.2 Å². The third-order valence-corrected chi connectivity index (χ3v) is 5.87. The molecular weight excluding hydrogens is 406 g/mol. The molecule has 1 heterocycles. The highest BCUT2D eigenvalue weighted by Gasteiger charge is 2.43. The molecule has 0 spiro atoms. The number of esters is 1. The van der Waals surface area contributed by atoms with Crippen LogP contribution < -0.4 is 9.47 Å². The van der Waals surface area contributed by atoms with Gasteiger partial charge in [-0.2, -0.15) is 0 Å². The van der Waals surface area contributed by atoms with E-state index in [1.54, 1.807) is 30.2 Å². The van der Waals surface area contributed by atoms with Gasteiger partial charge in [-0.25, -0.2) is 0 Å². The van der Waals surface area contributed by atoms with E-state index >= 15 is 0 Å². The van der Waals surface area contributed by atoms with Crippen LogP contribution in [0.3, 0.4) is 0 Å². The van der Waals surface area contributed by atoms with E-state index in [-0.39, 0.29) is 11.9 Å². The Morgan fingerprint density at radius 2 is 1.81 bits per heavy atom. The van der Waals surface area contributed by atoms with Crippen LogP contribution in [-0.4, -0.2) is 50.2 Å². The quantitative estimate of drug-likeness (QED) is 0.433. The molecule has 0 unspecified atom stereocenters. The van der Waals surface area contributed by atoms with Gasteiger partial charge in [-0.05, 0) is 62.1 Å². The first-order valence-corrected chi connectivity index (χ1v) is 10.9. The van der Waals surface area contributed by atoms with E-state index < -0.39 is 5.41 Å². The van der Waals surface area contributed by atoms with E-state index in [2.05, 4.69) is 6.58 Å². The third kappa shape index (κ3) is 5.49. The van der Waals surface area contributed by atoms with Gasteiger partial charge < -0.3 is 19.1 Å². The summed E-state index contributed by atoms with van der Waals surface area (Å²) in [6, 6.07) is 14.9. The minimum Gasteiger partial charge on any atom is -0.497 e. The molecule has 2 aromatic rings. The van der Waals surface area contributed by atoms with Crippen LogP contribution in [0.5, 0.6) is 11.5 Å². The number of likely N-dealkylation sites (tertiary alicyclic amines) is 1. The molecule has 0 aliphatic carbocycles. The van der Waals surface area contributed by atoms with E-state index in [9.17, 15) is 9.59 Å². The summed E-state index contributed by atoms with van der Waals surface area (Å²) < 4.78 is 16.2. The van der Waals surface area contributed by atoms with Crippen molar-refractivity contribution in [2.24, 2.45) is 5.41 Å². The standard InChI is InChI=1S/C26H31NO5/c1-4-17-32-23-8-6-7-21(18-23)24(28)27-15-13-26(14-16-27,25(29)31-5-2)19-20-9-11-22(30-3)12-10-20/h4,6-12,18H,1,5,13-17,19H2,2-3H3. The molecule has 1 aliphatic heterocycles. The number of amides is 1. The van der Waals surface area contributed by atoms with Crippen LogP contribution in [0.25, 0.3) is 0 Å². The summed E-state index contributed by atoms with van der Waals surface area (Å²) in [5.74, 6) is 1.16. The largest absolute Gasteiger partial charge is 0.497 e. The van der Waals surface area contributed by atoms with Gasteiger partial charge in [0.05, 0.1) is 19.1 Å². The first-order valence-electron chi connectivity index (χ1n) is 10.9. The molecule has 170 valence electrons. The fourth-order valence-corrected chi connectivity index (χ4v) is 4.07. The molecule has 1 saturated heterocycles. The predicted molar refractivity (Wildman–Crippen MR) is 123 cm³/mol. The lowest BCUT2D eigenvalue weighted by atomic mass is 9.73. The summed E-state index contributed by atoms with van der Waals surface area (Å²) in [6.07, 6.45) is 3.34. The Kier molecular flexibility index (Phi) is 7.92. The van der Waals surface area contributed by atoms with E-state index in [1.807, 2.05) is 43.3 Å². The van der Waals surface area contributed by atoms with Crippen molar-refractivity contribution < 1.29 is 23.8 Å². The summed E-state index contributed by atoms with van der Waals surface area (Å²) in [5, 5.41) is 0. The molecule has 1 amide bonds. The minimum atomic E-state index is -0.643. The van der Waals surface area contributed by atoms with Crippen molar-refractivity contribution >= 4 is 11.9 Å². The SMILES string of the molecule is C=CCOc1cccc(C(=O)N2CCC(Cc3ccc(OC)cc3)(C(=O)OCC)CC2)c1. The molecule has 0 aromatic heterocycles. The molecule has 1 fully saturated rings. The van der Waals surface area contributed by atoms with Gasteiger partial charge >= 0.3 is 5.97 Å². The van der Waals surface area contributed by atoms with Crippen LogP contribution in [-0.2, 0) is 16.0 Å². The summed E-state index contributed by atoms with van der Waals surface area (Å²) in [4.78, 5) is 27.8. The molecule has 0 bridgehead atoms. The lowest BCUT2D eigenvalue weighted by Crippen LogP contribution is -2.48. The van der Waals surface area contributed by atoms with Crippen molar-refractivity contribution in [2.75, 3.05) is 33.4 Å². The topological polar surface area (TPSA) is 65.1 Å². The highest BCUT2D eigenvalue weighted by atomic mass is 16.5. The average molecular weight is 438 g/mol. The lowest BCUT2D eigenvalue weighted by Gasteiger charge is -2.40. The molecule has 1 aliphatic rings. The summed E-state index contributed by atoms with van der Waals surface area (Å²) >= 11 is 0. The fourth-order valence-electron chi connectivity index (χ4n) is 4.07. The van der Waals surface area contributed by atoms with Gasteiger partial charge in [-0.3, -0.25) is 9.59 Å². The van der Waals surface area contributed by atoms with Crippen LogP contribution in [0.1, 0.15) is 35.7 Å². The maximum absolute atomic E-state index is 13.1. The van der Waals surface area contributed by atoms with Crippen LogP contribution in [0.2, 0.25) is 0 Å². The Morgan fingerprint density at radius 1 is 1.09 bits per heavy atom. The molecule has 2 aromatic carbocycles. The number of rotatable bonds is 9. The summed E-state index contributed by atoms with van der Waals surface area (Å²) in [6.45, 7) is 7.16. The van der Waals surface area contributed by atoms with Gasteiger partial charge in [0, 0.05) is 18.7 Å². The predicted octanol–water partition coefficient (Wildman–Crippen LogP) is 4.29. The Morgan fingerprint density at radius 3 is 2.44 bits per heavy atom. The zero-order valence-corrected chi connectivity index (χ0v) is 18.8. The van der Waals surface area contributed by atoms with Crippen LogP contribution in [0.15, 0.2) is 61.2 Å². The summed E-state index contributed by atoms with van der Waals surface area (Å²) in [5.41, 5.74) is 0.979. The molecular formula is C26H31NO5. The number of hydrogen-bond acceptors (Lipinski definition) is 5. The van der Waals surface area contributed by atoms with Gasteiger partial charge in [-0.15, -0.1) is 0 Å². The maximum Gasteiger partial charge on any atom is 0.312 e. The van der Waals surface area contributed by atoms with Crippen LogP contribution in [0, 0.1) is 5.41 Å². The Labute approximate surface area is 189 Å². The second-order valence-electron chi connectivity index (χ2n) is 7.95. The van der Waals surface area contributed by atoms with E-state index in [1.165, 1.54) is 0 Å². The number of hydrogen-bond donors (Lipinski definition) is 0. The molecule has 0 N–H and O–H groups in total. The van der Waals surface area contributed by atoms with Crippen molar-refractivity contribution in [3.63, 3.8) is 0 Å². The van der Waals surface area contributed by atoms with Gasteiger partial charge in [0.2, 0.25) is 0 Å². The molecule has 0 atom stereocenters. The zero-order chi connectivity index (χ0) is 23.0. The normalized spacial score (nSPS) is 15.0. The van der Waals surface area contributed by atoms with Crippen LogP contribution in [0.4, 0.5) is 0 Å². The molecule has 6 nitrogen and oxygen atoms in total. The molecule has 6 heteroatoms. The highest BCUT2D eigenvalue weighted by molar-refractivity contribution is 5.94. The Balaban J connectivity index is 1.72. The molecule has 0 radical (unpaired) electrons. The lowest BCUT2D eigenvalue weighted by molar-refractivity contribution is -0.158. The van der Waals surface area contributed by atoms with Crippen molar-refractivity contribution in [3.05, 3.63) is 72.3 Å². The number of carbonyl (C=O) groups is 2. The van der Waals surface area contributed by atoms with E-state index in [0.29, 0.717) is 56.9 Å². The van der Waals surface area contributed by atoms with Crippen molar-refractivity contribution in [1.82, 2.24) is 4.90 Å². The van der Waals surface area contributed by atoms with Crippen molar-refractivity contribution in [3.8, 4) is 11.5 Å². The van der Waals surface area contributed by atoms with Gasteiger partial charge in [0.15, 0.2) is 0 Å². The number of nitrogens with zero attached hydrogens (tertiary/aromatic N) is 1. The number of methoxy groups -OCH3 is 1. The molecule has 0 saturated carbocycles. The van der Waals surface area contributed by atoms with Gasteiger partial charge in [0.25, 0.3) is 5.91 Å². The van der Waals surface area contributed by atoms with Crippen molar-refractivity contribution in [2.45, 2.75) is 26.2 Å². The summed E-state index contributed by atoms with van der Waals surface area (Å²) in [7, 11) is 1.63. The van der Waals surface area contributed by atoms with Gasteiger partial charge in [-0.1, -0.05) is 30.9 Å². The zero-order valence-electron chi connectivity index (χ0n) is 18.8. The van der Waals surface area contributed by atoms with Gasteiger partial charge in [0.1, 0.15) is 18.1 Å². The van der Waals surface area contributed by atoms with Crippen molar-refractivity contribution in [1.29, 1.82) is 0 Å².